The maximum absolute atomic E-state index is 5.62. The van der Waals surface area contributed by atoms with Crippen LogP contribution < -0.4 is 10.1 Å². The summed E-state index contributed by atoms with van der Waals surface area (Å²) >= 11 is 0. The van der Waals surface area contributed by atoms with Crippen LogP contribution in [0.15, 0.2) is 24.3 Å². The van der Waals surface area contributed by atoms with E-state index in [2.05, 4.69) is 37.4 Å². The minimum Gasteiger partial charge on any atom is -0.494 e. The molecule has 0 aromatic heterocycles. The van der Waals surface area contributed by atoms with Gasteiger partial charge in [0.25, 0.3) is 0 Å². The summed E-state index contributed by atoms with van der Waals surface area (Å²) in [6, 6.07) is 8.71. The van der Waals surface area contributed by atoms with Crippen LogP contribution in [-0.4, -0.2) is 26.4 Å². The second-order valence-corrected chi connectivity index (χ2v) is 4.91. The van der Waals surface area contributed by atoms with E-state index in [-0.39, 0.29) is 0 Å². The van der Waals surface area contributed by atoms with Crippen LogP contribution in [0.1, 0.15) is 51.6 Å². The average molecular weight is 279 g/mol. The fourth-order valence-electron chi connectivity index (χ4n) is 2.14. The molecule has 0 bridgehead atoms. The third kappa shape index (κ3) is 6.40. The molecule has 1 aromatic rings. The van der Waals surface area contributed by atoms with E-state index in [9.17, 15) is 0 Å². The molecule has 1 N–H and O–H groups in total. The molecule has 1 unspecified atom stereocenters. The van der Waals surface area contributed by atoms with Gasteiger partial charge in [-0.2, -0.15) is 0 Å². The molecule has 0 saturated heterocycles. The van der Waals surface area contributed by atoms with Gasteiger partial charge in [0.1, 0.15) is 5.75 Å². The van der Waals surface area contributed by atoms with Gasteiger partial charge in [0.2, 0.25) is 0 Å². The summed E-state index contributed by atoms with van der Waals surface area (Å²) in [6.07, 6.45) is 3.21. The molecule has 20 heavy (non-hydrogen) atoms. The summed E-state index contributed by atoms with van der Waals surface area (Å²) in [7, 11) is 0. The van der Waals surface area contributed by atoms with Crippen LogP contribution in [0.5, 0.6) is 5.75 Å². The van der Waals surface area contributed by atoms with Crippen LogP contribution in [0.25, 0.3) is 0 Å². The molecule has 0 aliphatic carbocycles. The van der Waals surface area contributed by atoms with Gasteiger partial charge < -0.3 is 14.8 Å². The van der Waals surface area contributed by atoms with Crippen molar-refractivity contribution in [3.63, 3.8) is 0 Å². The van der Waals surface area contributed by atoms with Gasteiger partial charge >= 0.3 is 0 Å². The largest absolute Gasteiger partial charge is 0.494 e. The van der Waals surface area contributed by atoms with Crippen molar-refractivity contribution in [2.45, 2.75) is 46.1 Å². The van der Waals surface area contributed by atoms with Crippen LogP contribution >= 0.6 is 0 Å². The van der Waals surface area contributed by atoms with Gasteiger partial charge in [0.05, 0.1) is 6.61 Å². The molecule has 3 nitrogen and oxygen atoms in total. The first-order valence-electron chi connectivity index (χ1n) is 7.85. The van der Waals surface area contributed by atoms with Crippen molar-refractivity contribution in [3.05, 3.63) is 29.8 Å². The number of benzene rings is 1. The number of hydrogen-bond donors (Lipinski definition) is 1. The molecular weight excluding hydrogens is 250 g/mol. The van der Waals surface area contributed by atoms with Crippen molar-refractivity contribution in [2.75, 3.05) is 26.4 Å². The third-order valence-corrected chi connectivity index (χ3v) is 3.11. The molecule has 0 radical (unpaired) electrons. The Hall–Kier alpha value is -1.06. The van der Waals surface area contributed by atoms with Gasteiger partial charge in [0.15, 0.2) is 0 Å². The molecule has 1 rings (SSSR count). The standard InChI is InChI=1S/C17H29NO2/c1-4-11-18-17(10-13-19-12-5-2)15-8-7-9-16(14-15)20-6-3/h7-9,14,17-18H,4-6,10-13H2,1-3H3. The number of hydrogen-bond acceptors (Lipinski definition) is 3. The van der Waals surface area contributed by atoms with Crippen molar-refractivity contribution in [2.24, 2.45) is 0 Å². The van der Waals surface area contributed by atoms with E-state index < -0.39 is 0 Å². The highest BCUT2D eigenvalue weighted by molar-refractivity contribution is 5.30. The summed E-state index contributed by atoms with van der Waals surface area (Å²) in [6.45, 7) is 9.71. The van der Waals surface area contributed by atoms with E-state index in [0.717, 1.165) is 44.8 Å². The number of nitrogens with one attached hydrogen (secondary N) is 1. The minimum absolute atomic E-state index is 0.340. The SMILES string of the molecule is CCCNC(CCOCCC)c1cccc(OCC)c1. The first-order chi connectivity index (χ1) is 9.81. The first kappa shape index (κ1) is 17.0. The van der Waals surface area contributed by atoms with Crippen molar-refractivity contribution < 1.29 is 9.47 Å². The fourth-order valence-corrected chi connectivity index (χ4v) is 2.14. The van der Waals surface area contributed by atoms with Crippen LogP contribution in [-0.2, 0) is 4.74 Å². The van der Waals surface area contributed by atoms with Crippen molar-refractivity contribution in [1.29, 1.82) is 0 Å². The summed E-state index contributed by atoms with van der Waals surface area (Å²) in [5.74, 6) is 0.947. The zero-order valence-electron chi connectivity index (χ0n) is 13.2. The molecule has 0 heterocycles. The van der Waals surface area contributed by atoms with Crippen molar-refractivity contribution >= 4 is 0 Å². The predicted molar refractivity (Wildman–Crippen MR) is 84.4 cm³/mol. The number of ether oxygens (including phenoxy) is 2. The second kappa shape index (κ2) is 10.7. The van der Waals surface area contributed by atoms with Crippen molar-refractivity contribution in [1.82, 2.24) is 5.32 Å². The summed E-state index contributed by atoms with van der Waals surface area (Å²) < 4.78 is 11.2. The van der Waals surface area contributed by atoms with Crippen LogP contribution in [0.3, 0.4) is 0 Å². The summed E-state index contributed by atoms with van der Waals surface area (Å²) in [4.78, 5) is 0. The van der Waals surface area contributed by atoms with Gasteiger partial charge in [-0.3, -0.25) is 0 Å². The molecule has 0 saturated carbocycles. The quantitative estimate of drug-likeness (QED) is 0.622. The molecule has 1 atom stereocenters. The lowest BCUT2D eigenvalue weighted by molar-refractivity contribution is 0.124. The lowest BCUT2D eigenvalue weighted by Gasteiger charge is -2.20. The minimum atomic E-state index is 0.340. The highest BCUT2D eigenvalue weighted by Gasteiger charge is 2.11. The zero-order chi connectivity index (χ0) is 14.6. The molecule has 3 heteroatoms. The van der Waals surface area contributed by atoms with E-state index in [1.54, 1.807) is 0 Å². The molecular formula is C17H29NO2. The van der Waals surface area contributed by atoms with Crippen LogP contribution in [0.4, 0.5) is 0 Å². The van der Waals surface area contributed by atoms with E-state index >= 15 is 0 Å². The van der Waals surface area contributed by atoms with Crippen molar-refractivity contribution in [3.8, 4) is 5.75 Å². The van der Waals surface area contributed by atoms with Gasteiger partial charge in [-0.1, -0.05) is 26.0 Å². The Morgan fingerprint density at radius 2 is 1.95 bits per heavy atom. The first-order valence-corrected chi connectivity index (χ1v) is 7.85. The highest BCUT2D eigenvalue weighted by atomic mass is 16.5. The summed E-state index contributed by atoms with van der Waals surface area (Å²) in [5.41, 5.74) is 1.28. The van der Waals surface area contributed by atoms with Gasteiger partial charge in [-0.25, -0.2) is 0 Å². The molecule has 0 fully saturated rings. The Balaban J connectivity index is 2.62. The van der Waals surface area contributed by atoms with E-state index in [1.807, 2.05) is 13.0 Å². The lowest BCUT2D eigenvalue weighted by atomic mass is 10.0. The van der Waals surface area contributed by atoms with Crippen LogP contribution in [0.2, 0.25) is 0 Å². The Kier molecular flexibility index (Phi) is 9.09. The average Bonchev–Trinajstić information content (AvgIpc) is 2.47. The Bertz CT molecular complexity index is 355. The molecule has 114 valence electrons. The maximum atomic E-state index is 5.62. The van der Waals surface area contributed by atoms with Crippen LogP contribution in [0, 0.1) is 0 Å². The number of rotatable bonds is 11. The Labute approximate surface area is 123 Å². The van der Waals surface area contributed by atoms with Gasteiger partial charge in [-0.15, -0.1) is 0 Å². The fraction of sp³-hybridized carbons (Fsp3) is 0.647. The second-order valence-electron chi connectivity index (χ2n) is 4.91. The predicted octanol–water partition coefficient (Wildman–Crippen LogP) is 3.94. The van der Waals surface area contributed by atoms with E-state index in [4.69, 9.17) is 9.47 Å². The molecule has 0 aliphatic heterocycles. The van der Waals surface area contributed by atoms with E-state index in [1.165, 1.54) is 5.56 Å². The smallest absolute Gasteiger partial charge is 0.119 e. The summed E-state index contributed by atoms with van der Waals surface area (Å²) in [5, 5.41) is 3.60. The molecule has 1 aromatic carbocycles. The Morgan fingerprint density at radius 3 is 2.65 bits per heavy atom. The third-order valence-electron chi connectivity index (χ3n) is 3.11. The monoisotopic (exact) mass is 279 g/mol. The van der Waals surface area contributed by atoms with Gasteiger partial charge in [0, 0.05) is 19.3 Å². The lowest BCUT2D eigenvalue weighted by Crippen LogP contribution is -2.23. The Morgan fingerprint density at radius 1 is 1.10 bits per heavy atom. The highest BCUT2D eigenvalue weighted by Crippen LogP contribution is 2.22. The topological polar surface area (TPSA) is 30.5 Å². The maximum Gasteiger partial charge on any atom is 0.119 e. The molecule has 0 spiro atoms. The van der Waals surface area contributed by atoms with E-state index in [0.29, 0.717) is 12.6 Å². The zero-order valence-corrected chi connectivity index (χ0v) is 13.2. The molecule has 0 aliphatic rings. The normalized spacial score (nSPS) is 12.3. The molecule has 0 amide bonds. The van der Waals surface area contributed by atoms with Gasteiger partial charge in [-0.05, 0) is 50.4 Å².